The lowest BCUT2D eigenvalue weighted by Crippen LogP contribution is -2.65. The average molecular weight is 1120 g/mol. The normalized spacial score (nSPS) is 24.4. The fourth-order valence-corrected chi connectivity index (χ4v) is 11.5. The largest absolute Gasteiger partial charge is 0.394 e. The van der Waals surface area contributed by atoms with E-state index in [0.717, 1.165) is 51.4 Å². The molecule has 12 atom stereocenters. The molecule has 0 aromatic rings. The lowest BCUT2D eigenvalue weighted by atomic mass is 9.97. The maximum atomic E-state index is 13.1. The molecule has 464 valence electrons. The van der Waals surface area contributed by atoms with Crippen LogP contribution in [0.2, 0.25) is 0 Å². The molecule has 2 saturated heterocycles. The number of rotatable bonds is 55. The van der Waals surface area contributed by atoms with Gasteiger partial charge < -0.3 is 65.1 Å². The van der Waals surface area contributed by atoms with Crippen molar-refractivity contribution in [1.82, 2.24) is 5.32 Å². The first-order chi connectivity index (χ1) is 38.1. The van der Waals surface area contributed by atoms with Crippen LogP contribution in [0.5, 0.6) is 0 Å². The molecule has 0 aromatic heterocycles. The third-order valence-corrected chi connectivity index (χ3v) is 16.8. The van der Waals surface area contributed by atoms with Gasteiger partial charge in [-0.25, -0.2) is 0 Å². The summed E-state index contributed by atoms with van der Waals surface area (Å²) in [6.45, 7) is 2.76. The molecule has 2 aliphatic heterocycles. The van der Waals surface area contributed by atoms with Crippen molar-refractivity contribution in [3.63, 3.8) is 0 Å². The van der Waals surface area contributed by atoms with E-state index in [1.54, 1.807) is 0 Å². The van der Waals surface area contributed by atoms with Gasteiger partial charge in [0.05, 0.1) is 32.0 Å². The maximum Gasteiger partial charge on any atom is 0.220 e. The molecule has 12 unspecified atom stereocenters. The number of carbonyl (C=O) groups excluding carboxylic acids is 1. The highest BCUT2D eigenvalue weighted by molar-refractivity contribution is 5.76. The van der Waals surface area contributed by atoms with Gasteiger partial charge in [0.2, 0.25) is 5.91 Å². The first-order valence-electron chi connectivity index (χ1n) is 33.3. The quantitative estimate of drug-likeness (QED) is 0.0259. The van der Waals surface area contributed by atoms with Crippen LogP contribution in [0.25, 0.3) is 0 Å². The number of aliphatic hydroxyl groups excluding tert-OH is 8. The lowest BCUT2D eigenvalue weighted by Gasteiger charge is -2.46. The van der Waals surface area contributed by atoms with Crippen molar-refractivity contribution in [2.24, 2.45) is 0 Å². The molecular weight excluding hydrogens is 991 g/mol. The van der Waals surface area contributed by atoms with E-state index in [9.17, 15) is 45.6 Å². The Morgan fingerprint density at radius 3 is 1.09 bits per heavy atom. The molecule has 2 aliphatic rings. The topological polar surface area (TPSA) is 228 Å². The monoisotopic (exact) mass is 1120 g/mol. The summed E-state index contributed by atoms with van der Waals surface area (Å²) in [6, 6.07) is -0.819. The van der Waals surface area contributed by atoms with Gasteiger partial charge in [-0.15, -0.1) is 0 Å². The third kappa shape index (κ3) is 35.2. The summed E-state index contributed by atoms with van der Waals surface area (Å²) in [5, 5.41) is 86.5. The minimum Gasteiger partial charge on any atom is -0.394 e. The number of nitrogens with one attached hydrogen (secondary N) is 1. The van der Waals surface area contributed by atoms with Crippen molar-refractivity contribution >= 4 is 5.91 Å². The molecule has 0 aromatic carbocycles. The number of hydrogen-bond donors (Lipinski definition) is 9. The molecule has 9 N–H and O–H groups in total. The highest BCUT2D eigenvalue weighted by atomic mass is 16.7. The Hall–Kier alpha value is -1.01. The third-order valence-electron chi connectivity index (χ3n) is 16.8. The van der Waals surface area contributed by atoms with Crippen LogP contribution in [0, 0.1) is 0 Å². The molecule has 2 heterocycles. The second-order valence-electron chi connectivity index (χ2n) is 24.0. The standard InChI is InChI=1S/C64H125NO13/c1-3-5-7-9-10-11-12-13-14-15-16-17-18-19-20-21-22-23-24-25-26-27-28-29-30-31-32-33-34-35-36-37-38-39-40-41-42-43-44-46-48-56(69)65-52(53(68)47-45-8-6-4-2)51-75-63-61(74)59(72)62(55(50-67)77-63)78-64-60(73)58(71)57(70)54(49-66)76-64/h52-55,57-64,66-68,70-74H,3-51H2,1-2H3,(H,65,69). The summed E-state index contributed by atoms with van der Waals surface area (Å²) < 4.78 is 22.6. The minimum atomic E-state index is -1.78. The van der Waals surface area contributed by atoms with E-state index in [1.807, 2.05) is 0 Å². The van der Waals surface area contributed by atoms with Crippen LogP contribution in [-0.2, 0) is 23.7 Å². The van der Waals surface area contributed by atoms with Crippen LogP contribution in [0.4, 0.5) is 0 Å². The second kappa shape index (κ2) is 50.5. The highest BCUT2D eigenvalue weighted by Gasteiger charge is 2.51. The number of aliphatic hydroxyl groups is 8. The Kier molecular flexibility index (Phi) is 47.3. The Labute approximate surface area is 476 Å². The van der Waals surface area contributed by atoms with Crippen molar-refractivity contribution in [1.29, 1.82) is 0 Å². The molecule has 14 nitrogen and oxygen atoms in total. The maximum absolute atomic E-state index is 13.1. The van der Waals surface area contributed by atoms with Crippen LogP contribution < -0.4 is 5.32 Å². The summed E-state index contributed by atoms with van der Waals surface area (Å²) >= 11 is 0. The molecule has 1 amide bonds. The number of unbranched alkanes of at least 4 members (excludes halogenated alkanes) is 42. The smallest absolute Gasteiger partial charge is 0.220 e. The number of carbonyl (C=O) groups is 1. The van der Waals surface area contributed by atoms with Gasteiger partial charge in [0, 0.05) is 6.42 Å². The van der Waals surface area contributed by atoms with Crippen LogP contribution >= 0.6 is 0 Å². The Morgan fingerprint density at radius 1 is 0.410 bits per heavy atom. The Balaban J connectivity index is 1.41. The summed E-state index contributed by atoms with van der Waals surface area (Å²) in [6.07, 6.45) is 42.7. The van der Waals surface area contributed by atoms with Gasteiger partial charge in [-0.05, 0) is 12.8 Å². The predicted molar refractivity (Wildman–Crippen MR) is 314 cm³/mol. The first kappa shape index (κ1) is 73.1. The fraction of sp³-hybridized carbons (Fsp3) is 0.984. The van der Waals surface area contributed by atoms with Gasteiger partial charge in [0.15, 0.2) is 12.6 Å². The van der Waals surface area contributed by atoms with E-state index < -0.39 is 86.8 Å². The number of amides is 1. The number of hydrogen-bond acceptors (Lipinski definition) is 13. The molecule has 0 spiro atoms. The van der Waals surface area contributed by atoms with E-state index in [2.05, 4.69) is 19.2 Å². The Morgan fingerprint density at radius 2 is 0.731 bits per heavy atom. The summed E-state index contributed by atoms with van der Waals surface area (Å²) in [7, 11) is 0. The average Bonchev–Trinajstić information content (AvgIpc) is 3.44. The van der Waals surface area contributed by atoms with Crippen molar-refractivity contribution in [2.75, 3.05) is 19.8 Å². The van der Waals surface area contributed by atoms with E-state index in [-0.39, 0.29) is 12.5 Å². The van der Waals surface area contributed by atoms with Gasteiger partial charge in [0.25, 0.3) is 0 Å². The predicted octanol–water partition coefficient (Wildman–Crippen LogP) is 12.5. The van der Waals surface area contributed by atoms with Crippen LogP contribution in [0.1, 0.15) is 309 Å². The molecule has 0 radical (unpaired) electrons. The summed E-state index contributed by atoms with van der Waals surface area (Å²) in [4.78, 5) is 13.1. The van der Waals surface area contributed by atoms with Gasteiger partial charge in [-0.3, -0.25) is 4.79 Å². The van der Waals surface area contributed by atoms with Crippen LogP contribution in [0.3, 0.4) is 0 Å². The first-order valence-corrected chi connectivity index (χ1v) is 33.3. The molecule has 0 saturated carbocycles. The van der Waals surface area contributed by atoms with Gasteiger partial charge >= 0.3 is 0 Å². The van der Waals surface area contributed by atoms with E-state index in [0.29, 0.717) is 12.8 Å². The van der Waals surface area contributed by atoms with Crippen LogP contribution in [0.15, 0.2) is 0 Å². The summed E-state index contributed by atoms with van der Waals surface area (Å²) in [5.41, 5.74) is 0. The highest BCUT2D eigenvalue weighted by Crippen LogP contribution is 2.30. The van der Waals surface area contributed by atoms with Gasteiger partial charge in [-0.2, -0.15) is 0 Å². The number of ether oxygens (including phenoxy) is 4. The molecule has 0 aliphatic carbocycles. The molecule has 2 fully saturated rings. The van der Waals surface area contributed by atoms with E-state index >= 15 is 0 Å². The zero-order chi connectivity index (χ0) is 56.7. The van der Waals surface area contributed by atoms with Crippen molar-refractivity contribution in [3.8, 4) is 0 Å². The summed E-state index contributed by atoms with van der Waals surface area (Å²) in [5.74, 6) is -0.209. The fourth-order valence-electron chi connectivity index (χ4n) is 11.5. The lowest BCUT2D eigenvalue weighted by molar-refractivity contribution is -0.359. The van der Waals surface area contributed by atoms with E-state index in [1.165, 1.54) is 231 Å². The van der Waals surface area contributed by atoms with Crippen LogP contribution in [-0.4, -0.2) is 140 Å². The van der Waals surface area contributed by atoms with Crippen molar-refractivity contribution in [2.45, 2.75) is 383 Å². The van der Waals surface area contributed by atoms with Crippen molar-refractivity contribution < 1.29 is 64.6 Å². The Bertz CT molecular complexity index is 1310. The zero-order valence-corrected chi connectivity index (χ0v) is 50.2. The molecule has 2 rings (SSSR count). The SMILES string of the molecule is CCCCCCCCCCCCCCCCCCCCCCCCCCCCCCCCCCCCCCCCCCC(=O)NC(COC1OC(CO)C(OC2OC(CO)C(O)C(O)C2O)C(O)C1O)C(O)CCCCCC. The van der Waals surface area contributed by atoms with Gasteiger partial charge in [0.1, 0.15) is 48.8 Å². The molecule has 0 bridgehead atoms. The molecule has 14 heteroatoms. The molecule has 78 heavy (non-hydrogen) atoms. The van der Waals surface area contributed by atoms with E-state index in [4.69, 9.17) is 18.9 Å². The molecular formula is C64H125NO13. The minimum absolute atomic E-state index is 0.209. The van der Waals surface area contributed by atoms with Crippen molar-refractivity contribution in [3.05, 3.63) is 0 Å². The second-order valence-corrected chi connectivity index (χ2v) is 24.0. The van der Waals surface area contributed by atoms with Gasteiger partial charge in [-0.1, -0.05) is 290 Å². The zero-order valence-electron chi connectivity index (χ0n) is 50.2.